The minimum absolute atomic E-state index is 0.109. The summed E-state index contributed by atoms with van der Waals surface area (Å²) in [5.41, 5.74) is -2.32. The van der Waals surface area contributed by atoms with Gasteiger partial charge in [-0.15, -0.1) is 0 Å². The molecule has 3 N–H and O–H groups in total. The van der Waals surface area contributed by atoms with Crippen molar-refractivity contribution in [3.05, 3.63) is 17.5 Å². The molecule has 0 amide bonds. The van der Waals surface area contributed by atoms with Gasteiger partial charge >= 0.3 is 7.60 Å². The Balaban J connectivity index is 3.51. The lowest BCUT2D eigenvalue weighted by Crippen LogP contribution is -2.49. The molecule has 24 heavy (non-hydrogen) atoms. The molecule has 1 aromatic rings. The molecular formula is C16H27FNO5P. The largest absolute Gasteiger partial charge is 0.506 e. The molecule has 0 aromatic carbocycles. The summed E-state index contributed by atoms with van der Waals surface area (Å²) >= 11 is 0. The first kappa shape index (κ1) is 20.9. The van der Waals surface area contributed by atoms with Crippen LogP contribution in [0.5, 0.6) is 11.5 Å². The van der Waals surface area contributed by atoms with Gasteiger partial charge in [0.05, 0.1) is 24.1 Å². The molecule has 0 saturated carbocycles. The topological polar surface area (TPSA) is 99.9 Å². The van der Waals surface area contributed by atoms with E-state index in [4.69, 9.17) is 4.52 Å². The van der Waals surface area contributed by atoms with Crippen LogP contribution in [0.25, 0.3) is 0 Å². The number of aliphatic hydroxyl groups is 1. The summed E-state index contributed by atoms with van der Waals surface area (Å²) in [5.74, 6) is -0.673. The quantitative estimate of drug-likeness (QED) is 0.702. The molecule has 0 spiro atoms. The van der Waals surface area contributed by atoms with Gasteiger partial charge < -0.3 is 19.6 Å². The molecule has 0 aliphatic carbocycles. The van der Waals surface area contributed by atoms with Crippen molar-refractivity contribution in [2.45, 2.75) is 60.5 Å². The van der Waals surface area contributed by atoms with Gasteiger partial charge in [0.25, 0.3) is 0 Å². The maximum absolute atomic E-state index is 15.9. The van der Waals surface area contributed by atoms with Crippen LogP contribution in [-0.4, -0.2) is 25.5 Å². The number of hydrogen-bond donors (Lipinski definition) is 3. The second-order valence-electron chi connectivity index (χ2n) is 7.93. The van der Waals surface area contributed by atoms with Gasteiger partial charge in [0.1, 0.15) is 5.75 Å². The Morgan fingerprint density at radius 3 is 2.04 bits per heavy atom. The lowest BCUT2D eigenvalue weighted by molar-refractivity contribution is -0.0113. The molecule has 0 radical (unpaired) electrons. The van der Waals surface area contributed by atoms with Crippen molar-refractivity contribution in [3.8, 4) is 11.5 Å². The van der Waals surface area contributed by atoms with Gasteiger partial charge in [-0.2, -0.15) is 0 Å². The van der Waals surface area contributed by atoms with E-state index in [1.807, 2.05) is 0 Å². The summed E-state index contributed by atoms with van der Waals surface area (Å²) in [6.07, 6.45) is 1.09. The first-order valence-corrected chi connectivity index (χ1v) is 9.17. The van der Waals surface area contributed by atoms with Crippen molar-refractivity contribution in [3.63, 3.8) is 0 Å². The third-order valence-corrected chi connectivity index (χ3v) is 6.62. The SMILES string of the molecule is Cc1ncc(OP(=O)(O)C(F)(C(C)(C)C)C(C)(C)C)c(CO)c1O. The fraction of sp³-hybridized carbons (Fsp3) is 0.688. The van der Waals surface area contributed by atoms with Crippen LogP contribution >= 0.6 is 7.60 Å². The van der Waals surface area contributed by atoms with Gasteiger partial charge in [-0.3, -0.25) is 4.98 Å². The average Bonchev–Trinajstić information content (AvgIpc) is 2.39. The van der Waals surface area contributed by atoms with Crippen molar-refractivity contribution >= 4 is 7.60 Å². The molecule has 1 rings (SSSR count). The molecule has 1 unspecified atom stereocenters. The fourth-order valence-electron chi connectivity index (χ4n) is 3.03. The molecule has 0 fully saturated rings. The van der Waals surface area contributed by atoms with Crippen molar-refractivity contribution in [2.24, 2.45) is 10.8 Å². The van der Waals surface area contributed by atoms with E-state index in [0.717, 1.165) is 6.20 Å². The smallest absolute Gasteiger partial charge is 0.414 e. The lowest BCUT2D eigenvalue weighted by Gasteiger charge is -2.47. The highest BCUT2D eigenvalue weighted by molar-refractivity contribution is 7.55. The molecule has 1 atom stereocenters. The number of rotatable bonds is 4. The number of alkyl halides is 1. The highest BCUT2D eigenvalue weighted by Gasteiger charge is 2.65. The van der Waals surface area contributed by atoms with Gasteiger partial charge in [-0.25, -0.2) is 8.96 Å². The first-order chi connectivity index (χ1) is 10.6. The summed E-state index contributed by atoms with van der Waals surface area (Å²) < 4.78 is 34.0. The van der Waals surface area contributed by atoms with Crippen LogP contribution in [0.4, 0.5) is 4.39 Å². The van der Waals surface area contributed by atoms with E-state index in [1.165, 1.54) is 48.5 Å². The Bertz CT molecular complexity index is 650. The van der Waals surface area contributed by atoms with E-state index in [9.17, 15) is 19.7 Å². The van der Waals surface area contributed by atoms with Crippen molar-refractivity contribution in [2.75, 3.05) is 0 Å². The Kier molecular flexibility index (Phi) is 5.46. The number of aliphatic hydroxyl groups excluding tert-OH is 1. The van der Waals surface area contributed by atoms with Crippen LogP contribution in [0, 0.1) is 17.8 Å². The zero-order valence-corrected chi connectivity index (χ0v) is 16.1. The van der Waals surface area contributed by atoms with Gasteiger partial charge in [0.2, 0.25) is 5.41 Å². The minimum Gasteiger partial charge on any atom is -0.506 e. The van der Waals surface area contributed by atoms with E-state index in [-0.39, 0.29) is 22.8 Å². The number of pyridine rings is 1. The second-order valence-corrected chi connectivity index (χ2v) is 9.77. The third-order valence-electron chi connectivity index (χ3n) is 4.06. The monoisotopic (exact) mass is 363 g/mol. The maximum Gasteiger partial charge on any atom is 0.414 e. The summed E-state index contributed by atoms with van der Waals surface area (Å²) in [5, 5.41) is 16.7. The summed E-state index contributed by atoms with van der Waals surface area (Å²) in [6.45, 7) is 9.95. The van der Waals surface area contributed by atoms with Gasteiger partial charge in [-0.05, 0) is 6.92 Å². The van der Waals surface area contributed by atoms with E-state index in [0.29, 0.717) is 0 Å². The zero-order valence-electron chi connectivity index (χ0n) is 15.2. The molecule has 6 nitrogen and oxygen atoms in total. The number of aryl methyl sites for hydroxylation is 1. The second kappa shape index (κ2) is 6.28. The van der Waals surface area contributed by atoms with E-state index in [2.05, 4.69) is 4.98 Å². The van der Waals surface area contributed by atoms with Crippen molar-refractivity contribution in [1.82, 2.24) is 4.98 Å². The highest BCUT2D eigenvalue weighted by atomic mass is 31.2. The van der Waals surface area contributed by atoms with Gasteiger partial charge in [0.15, 0.2) is 5.75 Å². The number of nitrogens with zero attached hydrogens (tertiary/aromatic N) is 1. The minimum atomic E-state index is -4.88. The Hall–Kier alpha value is -1.17. The number of aromatic nitrogens is 1. The third kappa shape index (κ3) is 3.30. The number of hydrogen-bond acceptors (Lipinski definition) is 5. The predicted octanol–water partition coefficient (Wildman–Crippen LogP) is 3.91. The van der Waals surface area contributed by atoms with Crippen LogP contribution in [0.1, 0.15) is 52.8 Å². The number of aromatic hydroxyl groups is 1. The Morgan fingerprint density at radius 2 is 1.67 bits per heavy atom. The van der Waals surface area contributed by atoms with Crippen LogP contribution in [0.3, 0.4) is 0 Å². The van der Waals surface area contributed by atoms with Crippen LogP contribution < -0.4 is 4.52 Å². The molecule has 1 aromatic heterocycles. The Labute approximate surface area is 142 Å². The van der Waals surface area contributed by atoms with E-state index >= 15 is 4.39 Å². The highest BCUT2D eigenvalue weighted by Crippen LogP contribution is 2.69. The molecule has 8 heteroatoms. The molecule has 0 aliphatic rings. The molecule has 0 bridgehead atoms. The number of halogens is 1. The molecule has 1 heterocycles. The van der Waals surface area contributed by atoms with Crippen molar-refractivity contribution < 1.29 is 28.6 Å². The van der Waals surface area contributed by atoms with Gasteiger partial charge in [-0.1, -0.05) is 41.5 Å². The molecular weight excluding hydrogens is 336 g/mol. The Morgan fingerprint density at radius 1 is 1.21 bits per heavy atom. The lowest BCUT2D eigenvalue weighted by atomic mass is 9.74. The van der Waals surface area contributed by atoms with Crippen LogP contribution in [0.15, 0.2) is 6.20 Å². The molecule has 0 saturated heterocycles. The first-order valence-electron chi connectivity index (χ1n) is 7.60. The fourth-order valence-corrected chi connectivity index (χ4v) is 5.28. The van der Waals surface area contributed by atoms with Gasteiger partial charge in [0, 0.05) is 10.8 Å². The summed E-state index contributed by atoms with van der Waals surface area (Å²) in [7, 11) is -4.88. The maximum atomic E-state index is 15.9. The molecule has 0 aliphatic heterocycles. The van der Waals surface area contributed by atoms with Crippen LogP contribution in [0.2, 0.25) is 0 Å². The summed E-state index contributed by atoms with van der Waals surface area (Å²) in [6, 6.07) is 0. The van der Waals surface area contributed by atoms with E-state index in [1.54, 1.807) is 0 Å². The average molecular weight is 363 g/mol. The predicted molar refractivity (Wildman–Crippen MR) is 89.8 cm³/mol. The van der Waals surface area contributed by atoms with Crippen LogP contribution in [-0.2, 0) is 11.2 Å². The zero-order chi connectivity index (χ0) is 19.1. The normalized spacial score (nSPS) is 15.9. The van der Waals surface area contributed by atoms with E-state index < -0.39 is 30.4 Å². The standard InChI is InChI=1S/C16H27FNO5P/c1-10-13(20)11(9-19)12(8-18-10)23-24(21,22)16(17,14(2,3)4)15(5,6)7/h8,19-20H,9H2,1-7H3,(H,21,22). The summed E-state index contributed by atoms with van der Waals surface area (Å²) in [4.78, 5) is 14.3. The van der Waals surface area contributed by atoms with Crippen molar-refractivity contribution in [1.29, 1.82) is 0 Å². The molecule has 138 valence electrons.